The molecule has 1 amide bonds. The van der Waals surface area contributed by atoms with Crippen LogP contribution >= 0.6 is 15.9 Å². The van der Waals surface area contributed by atoms with Crippen molar-refractivity contribution in [2.24, 2.45) is 10.2 Å². The Morgan fingerprint density at radius 1 is 1.32 bits per heavy atom. The lowest BCUT2D eigenvalue weighted by Gasteiger charge is -1.97. The van der Waals surface area contributed by atoms with Gasteiger partial charge in [0.2, 0.25) is 5.88 Å². The molecule has 2 aromatic heterocycles. The number of benzene rings is 1. The van der Waals surface area contributed by atoms with Gasteiger partial charge in [-0.1, -0.05) is 15.9 Å². The van der Waals surface area contributed by atoms with E-state index in [1.54, 1.807) is 13.0 Å². The van der Waals surface area contributed by atoms with E-state index in [0.29, 0.717) is 10.9 Å². The van der Waals surface area contributed by atoms with Crippen LogP contribution in [-0.2, 0) is 0 Å². The second-order valence-electron chi connectivity index (χ2n) is 4.91. The molecule has 0 atom stereocenters. The molecule has 0 aliphatic heterocycles. The molecule has 112 valence electrons. The minimum absolute atomic E-state index is 0.137. The summed E-state index contributed by atoms with van der Waals surface area (Å²) >= 11 is 3.42. The third-order valence-electron chi connectivity index (χ3n) is 3.20. The van der Waals surface area contributed by atoms with Gasteiger partial charge in [-0.05, 0) is 37.6 Å². The van der Waals surface area contributed by atoms with Crippen LogP contribution in [0.1, 0.15) is 21.7 Å². The molecule has 1 aromatic carbocycles. The monoisotopic (exact) mass is 361 g/mol. The minimum atomic E-state index is -0.577. The summed E-state index contributed by atoms with van der Waals surface area (Å²) in [5, 5.41) is 24.6. The molecule has 0 unspecified atom stereocenters. The van der Waals surface area contributed by atoms with E-state index in [4.69, 9.17) is 0 Å². The van der Waals surface area contributed by atoms with Crippen molar-refractivity contribution in [3.05, 3.63) is 39.6 Å². The van der Waals surface area contributed by atoms with Crippen LogP contribution < -0.4 is 0 Å². The number of hydrogen-bond acceptors (Lipinski definition) is 4. The Bertz CT molecular complexity index is 909. The minimum Gasteiger partial charge on any atom is -0.493 e. The van der Waals surface area contributed by atoms with Crippen LogP contribution in [0.3, 0.4) is 0 Å². The zero-order chi connectivity index (χ0) is 15.9. The standard InChI is InChI=1S/C14H12BrN5O2/c1-6-3-8-10(5-9(6)15)16-14(22)12(8)19-20-13(21)11-4-7(2)17-18-11/h3-5,16,22H,1-2H3,(H,17,18). The molecular weight excluding hydrogens is 350 g/mol. The van der Waals surface area contributed by atoms with Crippen molar-refractivity contribution in [2.45, 2.75) is 13.8 Å². The fourth-order valence-electron chi connectivity index (χ4n) is 2.07. The average Bonchev–Trinajstić information content (AvgIpc) is 3.01. The van der Waals surface area contributed by atoms with Gasteiger partial charge < -0.3 is 10.1 Å². The SMILES string of the molecule is Cc1cc(C(=O)N=Nc2c(O)[nH]c3cc(Br)c(C)cc23)n[nH]1. The molecule has 0 aliphatic rings. The highest BCUT2D eigenvalue weighted by molar-refractivity contribution is 9.10. The lowest BCUT2D eigenvalue weighted by atomic mass is 10.1. The molecule has 3 rings (SSSR count). The van der Waals surface area contributed by atoms with Crippen molar-refractivity contribution in [2.75, 3.05) is 0 Å². The largest absolute Gasteiger partial charge is 0.493 e. The van der Waals surface area contributed by atoms with Crippen LogP contribution in [0.4, 0.5) is 5.69 Å². The van der Waals surface area contributed by atoms with E-state index in [0.717, 1.165) is 15.7 Å². The summed E-state index contributed by atoms with van der Waals surface area (Å²) in [4.78, 5) is 14.7. The highest BCUT2D eigenvalue weighted by atomic mass is 79.9. The number of aryl methyl sites for hydroxylation is 2. The van der Waals surface area contributed by atoms with Gasteiger partial charge >= 0.3 is 5.91 Å². The van der Waals surface area contributed by atoms with E-state index in [1.165, 1.54) is 0 Å². The zero-order valence-corrected chi connectivity index (χ0v) is 13.4. The van der Waals surface area contributed by atoms with Crippen molar-refractivity contribution in [3.63, 3.8) is 0 Å². The molecule has 7 nitrogen and oxygen atoms in total. The van der Waals surface area contributed by atoms with Gasteiger partial charge in [-0.3, -0.25) is 9.89 Å². The number of azo groups is 1. The summed E-state index contributed by atoms with van der Waals surface area (Å²) in [7, 11) is 0. The first kappa shape index (κ1) is 14.5. The summed E-state index contributed by atoms with van der Waals surface area (Å²) in [6.07, 6.45) is 0. The number of aromatic amines is 2. The van der Waals surface area contributed by atoms with Crippen LogP contribution in [-0.4, -0.2) is 26.2 Å². The average molecular weight is 362 g/mol. The number of carbonyl (C=O) groups excluding carboxylic acids is 1. The number of halogens is 1. The Kier molecular flexibility index (Phi) is 3.53. The number of aromatic nitrogens is 3. The number of carbonyl (C=O) groups is 1. The lowest BCUT2D eigenvalue weighted by Crippen LogP contribution is -1.93. The van der Waals surface area contributed by atoms with Gasteiger partial charge in [-0.2, -0.15) is 5.10 Å². The van der Waals surface area contributed by atoms with E-state index in [-0.39, 0.29) is 17.3 Å². The van der Waals surface area contributed by atoms with Crippen LogP contribution in [0.15, 0.2) is 32.9 Å². The Labute approximate surface area is 133 Å². The van der Waals surface area contributed by atoms with Gasteiger partial charge in [0.05, 0.1) is 5.52 Å². The molecule has 3 aromatic rings. The van der Waals surface area contributed by atoms with Crippen molar-refractivity contribution in [3.8, 4) is 5.88 Å². The number of H-pyrrole nitrogens is 2. The maximum atomic E-state index is 11.9. The number of rotatable bonds is 2. The van der Waals surface area contributed by atoms with E-state index in [2.05, 4.69) is 41.3 Å². The van der Waals surface area contributed by atoms with E-state index >= 15 is 0 Å². The number of amides is 1. The maximum Gasteiger partial charge on any atom is 0.315 e. The molecule has 22 heavy (non-hydrogen) atoms. The molecule has 0 spiro atoms. The molecule has 2 heterocycles. The summed E-state index contributed by atoms with van der Waals surface area (Å²) in [6.45, 7) is 3.71. The Balaban J connectivity index is 2.00. The van der Waals surface area contributed by atoms with Crippen LogP contribution in [0.2, 0.25) is 0 Å². The predicted octanol–water partition coefficient (Wildman–Crippen LogP) is 3.90. The lowest BCUT2D eigenvalue weighted by molar-refractivity contribution is 0.0990. The maximum absolute atomic E-state index is 11.9. The topological polar surface area (TPSA) is 106 Å². The van der Waals surface area contributed by atoms with E-state index in [1.807, 2.05) is 19.1 Å². The second-order valence-corrected chi connectivity index (χ2v) is 5.76. The quantitative estimate of drug-likeness (QED) is 0.602. The van der Waals surface area contributed by atoms with Crippen molar-refractivity contribution >= 4 is 38.4 Å². The number of nitrogens with zero attached hydrogens (tertiary/aromatic N) is 3. The Morgan fingerprint density at radius 3 is 2.77 bits per heavy atom. The molecule has 0 radical (unpaired) electrons. The molecule has 3 N–H and O–H groups in total. The summed E-state index contributed by atoms with van der Waals surface area (Å²) in [6, 6.07) is 5.27. The first-order valence-electron chi connectivity index (χ1n) is 6.44. The molecule has 0 fully saturated rings. The van der Waals surface area contributed by atoms with Crippen molar-refractivity contribution in [1.29, 1.82) is 0 Å². The van der Waals surface area contributed by atoms with Gasteiger partial charge in [0.15, 0.2) is 11.4 Å². The third kappa shape index (κ3) is 2.52. The van der Waals surface area contributed by atoms with Crippen LogP contribution in [0.25, 0.3) is 10.9 Å². The number of fused-ring (bicyclic) bond motifs is 1. The second kappa shape index (κ2) is 5.38. The van der Waals surface area contributed by atoms with Crippen molar-refractivity contribution < 1.29 is 9.90 Å². The van der Waals surface area contributed by atoms with Crippen LogP contribution in [0, 0.1) is 13.8 Å². The fraction of sp³-hybridized carbons (Fsp3) is 0.143. The smallest absolute Gasteiger partial charge is 0.315 e. The molecule has 0 aliphatic carbocycles. The number of hydrogen-bond donors (Lipinski definition) is 3. The van der Waals surface area contributed by atoms with Gasteiger partial charge in [0.1, 0.15) is 0 Å². The summed E-state index contributed by atoms with van der Waals surface area (Å²) in [5.74, 6) is -0.714. The van der Waals surface area contributed by atoms with E-state index < -0.39 is 5.91 Å². The van der Waals surface area contributed by atoms with Gasteiger partial charge in [-0.15, -0.1) is 10.2 Å². The first-order valence-corrected chi connectivity index (χ1v) is 7.24. The number of nitrogens with one attached hydrogen (secondary N) is 2. The highest BCUT2D eigenvalue weighted by Crippen LogP contribution is 2.37. The fourth-order valence-corrected chi connectivity index (χ4v) is 2.41. The molecule has 0 bridgehead atoms. The summed E-state index contributed by atoms with van der Waals surface area (Å²) in [5.41, 5.74) is 2.85. The first-order chi connectivity index (χ1) is 10.5. The molecule has 0 saturated heterocycles. The normalized spacial score (nSPS) is 11.6. The zero-order valence-electron chi connectivity index (χ0n) is 11.8. The predicted molar refractivity (Wildman–Crippen MR) is 84.6 cm³/mol. The highest BCUT2D eigenvalue weighted by Gasteiger charge is 2.14. The molecular formula is C14H12BrN5O2. The third-order valence-corrected chi connectivity index (χ3v) is 4.05. The number of aromatic hydroxyl groups is 1. The summed E-state index contributed by atoms with van der Waals surface area (Å²) < 4.78 is 0.910. The van der Waals surface area contributed by atoms with Crippen LogP contribution in [0.5, 0.6) is 5.88 Å². The van der Waals surface area contributed by atoms with Crippen molar-refractivity contribution in [1.82, 2.24) is 15.2 Å². The van der Waals surface area contributed by atoms with E-state index in [9.17, 15) is 9.90 Å². The van der Waals surface area contributed by atoms with Gasteiger partial charge in [-0.25, -0.2) is 0 Å². The Hall–Kier alpha value is -2.48. The molecule has 8 heteroatoms. The Morgan fingerprint density at radius 2 is 2.09 bits per heavy atom. The van der Waals surface area contributed by atoms with Gasteiger partial charge in [0, 0.05) is 15.6 Å². The van der Waals surface area contributed by atoms with Gasteiger partial charge in [0.25, 0.3) is 0 Å². The molecule has 0 saturated carbocycles.